The molecule has 0 spiro atoms. The molecular formula is C16H14F3N5O2S. The molecule has 0 unspecified atom stereocenters. The van der Waals surface area contributed by atoms with Crippen LogP contribution in [-0.4, -0.2) is 40.7 Å². The first-order valence-corrected chi connectivity index (χ1v) is 9.86. The van der Waals surface area contributed by atoms with Crippen LogP contribution in [0.25, 0.3) is 11.0 Å². The van der Waals surface area contributed by atoms with Gasteiger partial charge in [-0.2, -0.15) is 13.2 Å². The maximum atomic E-state index is 12.9. The molecule has 0 aliphatic carbocycles. The second kappa shape index (κ2) is 5.91. The minimum atomic E-state index is -4.54. The zero-order chi connectivity index (χ0) is 19.4. The van der Waals surface area contributed by atoms with E-state index in [1.54, 1.807) is 17.0 Å². The van der Waals surface area contributed by atoms with Crippen molar-refractivity contribution in [2.45, 2.75) is 24.2 Å². The Morgan fingerprint density at radius 3 is 2.59 bits per heavy atom. The summed E-state index contributed by atoms with van der Waals surface area (Å²) in [7, 11) is -3.35. The van der Waals surface area contributed by atoms with Crippen molar-refractivity contribution in [2.24, 2.45) is 0 Å². The highest BCUT2D eigenvalue weighted by Gasteiger charge is 2.33. The molecule has 4 rings (SSSR count). The van der Waals surface area contributed by atoms with Crippen molar-refractivity contribution in [3.8, 4) is 0 Å². The number of nitrogens with zero attached hydrogens (tertiary/aromatic N) is 5. The summed E-state index contributed by atoms with van der Waals surface area (Å²) in [5.74, 6) is 0.600. The van der Waals surface area contributed by atoms with Crippen LogP contribution in [0.4, 0.5) is 19.1 Å². The molecule has 0 atom stereocenters. The average Bonchev–Trinajstić information content (AvgIpc) is 2.97. The molecule has 0 N–H and O–H groups in total. The van der Waals surface area contributed by atoms with E-state index in [-0.39, 0.29) is 17.4 Å². The summed E-state index contributed by atoms with van der Waals surface area (Å²) in [5.41, 5.74) is 0.311. The molecule has 0 fully saturated rings. The van der Waals surface area contributed by atoms with Crippen LogP contribution in [0.15, 0.2) is 35.4 Å². The molecule has 1 aliphatic rings. The molecule has 27 heavy (non-hydrogen) atoms. The summed E-state index contributed by atoms with van der Waals surface area (Å²) in [6, 6.07) is 5.51. The lowest BCUT2D eigenvalue weighted by atomic mass is 10.3. The predicted molar refractivity (Wildman–Crippen MR) is 90.9 cm³/mol. The van der Waals surface area contributed by atoms with Gasteiger partial charge in [-0.3, -0.25) is 0 Å². The summed E-state index contributed by atoms with van der Waals surface area (Å²) in [5, 5.41) is 0. The minimum absolute atomic E-state index is 0.0139. The van der Waals surface area contributed by atoms with Crippen molar-refractivity contribution < 1.29 is 21.6 Å². The Labute approximate surface area is 152 Å². The normalized spacial score (nSPS) is 15.2. The van der Waals surface area contributed by atoms with E-state index in [0.29, 0.717) is 29.9 Å². The fraction of sp³-hybridized carbons (Fsp3) is 0.312. The first kappa shape index (κ1) is 17.7. The first-order valence-electron chi connectivity index (χ1n) is 7.97. The monoisotopic (exact) mass is 397 g/mol. The Kier molecular flexibility index (Phi) is 3.88. The third-order valence-electron chi connectivity index (χ3n) is 4.37. The lowest BCUT2D eigenvalue weighted by Gasteiger charge is -2.28. The Morgan fingerprint density at radius 1 is 1.11 bits per heavy atom. The molecular weight excluding hydrogens is 383 g/mol. The lowest BCUT2D eigenvalue weighted by Crippen LogP contribution is -2.35. The van der Waals surface area contributed by atoms with E-state index in [4.69, 9.17) is 0 Å². The molecule has 1 aromatic carbocycles. The SMILES string of the molecule is CS(=O)(=O)c1ccc2nc3n(c2c1)CCN(c1nccc(C(F)(F)F)n1)C3. The zero-order valence-corrected chi connectivity index (χ0v) is 14.9. The molecule has 0 bridgehead atoms. The van der Waals surface area contributed by atoms with E-state index in [1.165, 1.54) is 6.07 Å². The van der Waals surface area contributed by atoms with Crippen molar-refractivity contribution >= 4 is 26.8 Å². The maximum Gasteiger partial charge on any atom is 0.433 e. The van der Waals surface area contributed by atoms with Crippen LogP contribution in [0.3, 0.4) is 0 Å². The highest BCUT2D eigenvalue weighted by Crippen LogP contribution is 2.29. The standard InChI is InChI=1S/C16H14F3N5O2S/c1-27(25,26)10-2-3-11-12(8-10)24-7-6-23(9-14(24)21-11)15-20-5-4-13(22-15)16(17,18)19/h2-5,8H,6-7,9H2,1H3. The Balaban J connectivity index is 1.70. The fourth-order valence-corrected chi connectivity index (χ4v) is 3.69. The molecule has 142 valence electrons. The van der Waals surface area contributed by atoms with Crippen LogP contribution in [0.5, 0.6) is 0 Å². The number of anilines is 1. The van der Waals surface area contributed by atoms with Gasteiger partial charge in [-0.05, 0) is 24.3 Å². The highest BCUT2D eigenvalue weighted by atomic mass is 32.2. The minimum Gasteiger partial charge on any atom is -0.332 e. The number of alkyl halides is 3. The van der Waals surface area contributed by atoms with Crippen LogP contribution < -0.4 is 4.90 Å². The number of fused-ring (bicyclic) bond motifs is 3. The van der Waals surface area contributed by atoms with Gasteiger partial charge in [0.2, 0.25) is 5.95 Å². The molecule has 3 heterocycles. The van der Waals surface area contributed by atoms with E-state index in [1.807, 2.05) is 4.57 Å². The number of rotatable bonds is 2. The second-order valence-electron chi connectivity index (χ2n) is 6.26. The van der Waals surface area contributed by atoms with E-state index >= 15 is 0 Å². The number of hydrogen-bond donors (Lipinski definition) is 0. The quantitative estimate of drug-likeness (QED) is 0.660. The number of halogens is 3. The van der Waals surface area contributed by atoms with Crippen molar-refractivity contribution in [1.82, 2.24) is 19.5 Å². The predicted octanol–water partition coefficient (Wildman–Crippen LogP) is 2.27. The molecule has 0 saturated heterocycles. The number of imidazole rings is 1. The summed E-state index contributed by atoms with van der Waals surface area (Å²) in [6.45, 7) is 1.03. The van der Waals surface area contributed by atoms with Gasteiger partial charge in [-0.15, -0.1) is 0 Å². The maximum absolute atomic E-state index is 12.9. The van der Waals surface area contributed by atoms with Gasteiger partial charge < -0.3 is 9.47 Å². The van der Waals surface area contributed by atoms with E-state index in [2.05, 4.69) is 15.0 Å². The van der Waals surface area contributed by atoms with Gasteiger partial charge in [0.1, 0.15) is 11.5 Å². The van der Waals surface area contributed by atoms with Crippen LogP contribution in [0.1, 0.15) is 11.5 Å². The average molecular weight is 397 g/mol. The van der Waals surface area contributed by atoms with Gasteiger partial charge in [-0.1, -0.05) is 0 Å². The number of sulfone groups is 1. The van der Waals surface area contributed by atoms with Crippen LogP contribution in [0, 0.1) is 0 Å². The molecule has 11 heteroatoms. The van der Waals surface area contributed by atoms with Gasteiger partial charge in [0.25, 0.3) is 0 Å². The summed E-state index contributed by atoms with van der Waals surface area (Å²) < 4.78 is 64.0. The molecule has 0 radical (unpaired) electrons. The highest BCUT2D eigenvalue weighted by molar-refractivity contribution is 7.90. The third kappa shape index (κ3) is 3.22. The van der Waals surface area contributed by atoms with Crippen LogP contribution >= 0.6 is 0 Å². The fourth-order valence-electron chi connectivity index (χ4n) is 3.05. The molecule has 3 aromatic rings. The Bertz CT molecular complexity index is 1140. The molecule has 2 aromatic heterocycles. The van der Waals surface area contributed by atoms with Gasteiger partial charge in [0.15, 0.2) is 9.84 Å². The number of aromatic nitrogens is 4. The molecule has 7 nitrogen and oxygen atoms in total. The van der Waals surface area contributed by atoms with Crippen molar-refractivity contribution in [1.29, 1.82) is 0 Å². The van der Waals surface area contributed by atoms with Crippen LogP contribution in [-0.2, 0) is 29.1 Å². The summed E-state index contributed by atoms with van der Waals surface area (Å²) in [4.78, 5) is 13.8. The Hall–Kier alpha value is -2.69. The topological polar surface area (TPSA) is 81.0 Å². The van der Waals surface area contributed by atoms with Gasteiger partial charge in [-0.25, -0.2) is 23.4 Å². The smallest absolute Gasteiger partial charge is 0.332 e. The van der Waals surface area contributed by atoms with Crippen molar-refractivity contribution in [3.63, 3.8) is 0 Å². The summed E-state index contributed by atoms with van der Waals surface area (Å²) in [6.07, 6.45) is -2.32. The van der Waals surface area contributed by atoms with E-state index in [9.17, 15) is 21.6 Å². The van der Waals surface area contributed by atoms with Crippen LogP contribution in [0.2, 0.25) is 0 Å². The zero-order valence-electron chi connectivity index (χ0n) is 14.1. The second-order valence-corrected chi connectivity index (χ2v) is 8.28. The molecule has 0 amide bonds. The molecule has 0 saturated carbocycles. The number of hydrogen-bond acceptors (Lipinski definition) is 6. The first-order chi connectivity index (χ1) is 12.6. The van der Waals surface area contributed by atoms with Gasteiger partial charge in [0.05, 0.1) is 22.5 Å². The molecule has 1 aliphatic heterocycles. The van der Waals surface area contributed by atoms with E-state index < -0.39 is 21.7 Å². The largest absolute Gasteiger partial charge is 0.433 e. The van der Waals surface area contributed by atoms with E-state index in [0.717, 1.165) is 18.5 Å². The van der Waals surface area contributed by atoms with Crippen molar-refractivity contribution in [3.05, 3.63) is 42.0 Å². The van der Waals surface area contributed by atoms with Gasteiger partial charge >= 0.3 is 6.18 Å². The van der Waals surface area contributed by atoms with Gasteiger partial charge in [0, 0.05) is 25.5 Å². The number of benzene rings is 1. The third-order valence-corrected chi connectivity index (χ3v) is 5.48. The van der Waals surface area contributed by atoms with Crippen molar-refractivity contribution in [2.75, 3.05) is 17.7 Å². The Morgan fingerprint density at radius 2 is 1.89 bits per heavy atom. The lowest BCUT2D eigenvalue weighted by molar-refractivity contribution is -0.141. The summed E-state index contributed by atoms with van der Waals surface area (Å²) >= 11 is 0.